The highest BCUT2D eigenvalue weighted by atomic mass is 32.2. The number of hydrazone groups is 1. The number of amides is 1. The number of hydrogen-bond acceptors (Lipinski definition) is 11. The van der Waals surface area contributed by atoms with Crippen molar-refractivity contribution >= 4 is 45.2 Å². The highest BCUT2D eigenvalue weighted by Gasteiger charge is 2.33. The van der Waals surface area contributed by atoms with Gasteiger partial charge in [-0.25, -0.2) is 9.93 Å². The van der Waals surface area contributed by atoms with Crippen LogP contribution in [0.4, 0.5) is 15.2 Å². The monoisotopic (exact) mass is 491 g/mol. The summed E-state index contributed by atoms with van der Waals surface area (Å²) in [7, 11) is 1.85. The number of alkyl halides is 1. The molecular formula is C20H26FN9OS2. The van der Waals surface area contributed by atoms with Crippen molar-refractivity contribution in [2.24, 2.45) is 5.10 Å². The Morgan fingerprint density at radius 1 is 1.33 bits per heavy atom. The van der Waals surface area contributed by atoms with E-state index >= 15 is 0 Å². The van der Waals surface area contributed by atoms with Crippen LogP contribution in [-0.2, 0) is 11.2 Å². The molecule has 2 aliphatic heterocycles. The maximum atomic E-state index is 13.1. The van der Waals surface area contributed by atoms with Crippen molar-refractivity contribution in [1.82, 2.24) is 30.4 Å². The lowest BCUT2D eigenvalue weighted by molar-refractivity contribution is -0.119. The van der Waals surface area contributed by atoms with Gasteiger partial charge in [0.05, 0.1) is 25.2 Å². The number of rotatable bonds is 6. The fourth-order valence-electron chi connectivity index (χ4n) is 4.26. The molecule has 33 heavy (non-hydrogen) atoms. The van der Waals surface area contributed by atoms with Crippen molar-refractivity contribution in [3.05, 3.63) is 29.0 Å². The molecule has 2 aromatic heterocycles. The summed E-state index contributed by atoms with van der Waals surface area (Å²) in [6.45, 7) is 0.782. The van der Waals surface area contributed by atoms with E-state index in [0.29, 0.717) is 29.9 Å². The fraction of sp³-hybridized carbons (Fsp3) is 0.550. The minimum absolute atomic E-state index is 0.136. The van der Waals surface area contributed by atoms with E-state index < -0.39 is 6.17 Å². The Balaban J connectivity index is 1.11. The average molecular weight is 492 g/mol. The van der Waals surface area contributed by atoms with Crippen molar-refractivity contribution in [2.45, 2.75) is 50.2 Å². The molecule has 176 valence electrons. The lowest BCUT2D eigenvalue weighted by atomic mass is 9.86. The Kier molecular flexibility index (Phi) is 6.60. The van der Waals surface area contributed by atoms with Gasteiger partial charge < -0.3 is 15.5 Å². The molecule has 1 unspecified atom stereocenters. The van der Waals surface area contributed by atoms with Gasteiger partial charge in [0.1, 0.15) is 11.2 Å². The van der Waals surface area contributed by atoms with E-state index in [2.05, 4.69) is 36.5 Å². The van der Waals surface area contributed by atoms with Gasteiger partial charge >= 0.3 is 0 Å². The second-order valence-corrected chi connectivity index (χ2v) is 10.4. The third-order valence-corrected chi connectivity index (χ3v) is 8.05. The second kappa shape index (κ2) is 9.77. The molecule has 1 saturated heterocycles. The molecule has 0 bridgehead atoms. The SMILES string of the molecule is CNc1nnc(C2CCC[C@H](N3NN=C(NC(=O)Cc4cc(N5CC(F)C5)ccn4)S3)C2)s1. The second-order valence-electron chi connectivity index (χ2n) is 8.38. The molecular weight excluding hydrogens is 465 g/mol. The molecule has 3 aliphatic rings. The smallest absolute Gasteiger partial charge is 0.232 e. The molecule has 0 spiro atoms. The van der Waals surface area contributed by atoms with Crippen LogP contribution in [0, 0.1) is 0 Å². The van der Waals surface area contributed by atoms with E-state index in [1.807, 2.05) is 28.5 Å². The quantitative estimate of drug-likeness (QED) is 0.524. The van der Waals surface area contributed by atoms with Gasteiger partial charge in [-0.15, -0.1) is 19.7 Å². The van der Waals surface area contributed by atoms with Crippen LogP contribution in [-0.4, -0.2) is 63.0 Å². The highest BCUT2D eigenvalue weighted by molar-refractivity contribution is 8.12. The largest absolute Gasteiger partial charge is 0.365 e. The summed E-state index contributed by atoms with van der Waals surface area (Å²) in [6, 6.07) is 3.96. The molecule has 1 saturated carbocycles. The summed E-state index contributed by atoms with van der Waals surface area (Å²) in [5.74, 6) is 0.193. The zero-order valence-electron chi connectivity index (χ0n) is 18.2. The number of pyridine rings is 1. The van der Waals surface area contributed by atoms with Crippen LogP contribution in [0.15, 0.2) is 23.4 Å². The van der Waals surface area contributed by atoms with E-state index in [9.17, 15) is 9.18 Å². The summed E-state index contributed by atoms with van der Waals surface area (Å²) in [5, 5.41) is 21.1. The van der Waals surface area contributed by atoms with Gasteiger partial charge in [0.25, 0.3) is 0 Å². The zero-order valence-corrected chi connectivity index (χ0v) is 19.8. The van der Waals surface area contributed by atoms with Gasteiger partial charge in [0.15, 0.2) is 0 Å². The Labute approximate surface area is 199 Å². The maximum Gasteiger partial charge on any atom is 0.232 e. The molecule has 1 amide bonds. The third-order valence-electron chi connectivity index (χ3n) is 6.01. The van der Waals surface area contributed by atoms with Crippen LogP contribution < -0.4 is 21.1 Å². The van der Waals surface area contributed by atoms with Crippen LogP contribution in [0.2, 0.25) is 0 Å². The van der Waals surface area contributed by atoms with Crippen LogP contribution in [0.25, 0.3) is 0 Å². The van der Waals surface area contributed by atoms with Crippen LogP contribution in [0.5, 0.6) is 0 Å². The minimum atomic E-state index is -0.777. The van der Waals surface area contributed by atoms with E-state index in [1.54, 1.807) is 17.5 Å². The number of amidine groups is 1. The standard InChI is InChI=1S/C20H26FN9OS2/c1-22-19-26-25-18(32-19)12-3-2-4-16(7-12)30-28-27-20(33-30)24-17(31)9-14-8-15(5-6-23-14)29-10-13(21)11-29/h5-6,8,12-13,16,28H,2-4,7,9-11H2,1H3,(H,22,26)(H,24,27,31)/t12?,16-/m0/s1. The first-order valence-electron chi connectivity index (χ1n) is 11.0. The summed E-state index contributed by atoms with van der Waals surface area (Å²) in [5.41, 5.74) is 4.59. The number of nitrogens with zero attached hydrogens (tertiary/aromatic N) is 6. The highest BCUT2D eigenvalue weighted by Crippen LogP contribution is 2.38. The number of aromatic nitrogens is 3. The number of hydrazine groups is 1. The predicted molar refractivity (Wildman–Crippen MR) is 128 cm³/mol. The first kappa shape index (κ1) is 22.3. The number of nitrogens with one attached hydrogen (secondary N) is 3. The van der Waals surface area contributed by atoms with E-state index in [1.165, 1.54) is 11.9 Å². The molecule has 2 aromatic rings. The summed E-state index contributed by atoms with van der Waals surface area (Å²) in [6.07, 6.45) is 5.24. The van der Waals surface area contributed by atoms with Crippen molar-refractivity contribution < 1.29 is 9.18 Å². The molecule has 0 aromatic carbocycles. The van der Waals surface area contributed by atoms with Crippen molar-refractivity contribution in [1.29, 1.82) is 0 Å². The van der Waals surface area contributed by atoms with Crippen LogP contribution in [0.3, 0.4) is 0 Å². The van der Waals surface area contributed by atoms with Crippen molar-refractivity contribution in [3.63, 3.8) is 0 Å². The number of carbonyl (C=O) groups is 1. The summed E-state index contributed by atoms with van der Waals surface area (Å²) < 4.78 is 15.1. The molecule has 10 nitrogen and oxygen atoms in total. The number of carbonyl (C=O) groups excluding carboxylic acids is 1. The number of hydrogen-bond donors (Lipinski definition) is 3. The molecule has 3 N–H and O–H groups in total. The third kappa shape index (κ3) is 5.20. The van der Waals surface area contributed by atoms with Gasteiger partial charge in [-0.1, -0.05) is 17.8 Å². The molecule has 4 heterocycles. The molecule has 1 aliphatic carbocycles. The van der Waals surface area contributed by atoms with E-state index in [4.69, 9.17) is 0 Å². The normalized spacial score (nSPS) is 23.6. The fourth-order valence-corrected chi connectivity index (χ4v) is 5.95. The molecule has 0 radical (unpaired) electrons. The topological polar surface area (TPSA) is 111 Å². The maximum absolute atomic E-state index is 13.1. The number of halogens is 1. The van der Waals surface area contributed by atoms with Crippen LogP contribution in [0.1, 0.15) is 42.3 Å². The molecule has 2 atom stereocenters. The Hall–Kier alpha value is -2.51. The summed E-state index contributed by atoms with van der Waals surface area (Å²) in [4.78, 5) is 18.8. The lowest BCUT2D eigenvalue weighted by Gasteiger charge is -2.36. The molecule has 5 rings (SSSR count). The van der Waals surface area contributed by atoms with E-state index in [0.717, 1.165) is 41.5 Å². The van der Waals surface area contributed by atoms with Crippen molar-refractivity contribution in [2.75, 3.05) is 30.4 Å². The van der Waals surface area contributed by atoms with Gasteiger partial charge in [0.2, 0.25) is 16.2 Å². The summed E-state index contributed by atoms with van der Waals surface area (Å²) >= 11 is 3.02. The molecule has 13 heteroatoms. The number of anilines is 2. The predicted octanol–water partition coefficient (Wildman–Crippen LogP) is 2.26. The van der Waals surface area contributed by atoms with Gasteiger partial charge in [-0.05, 0) is 31.4 Å². The first-order chi connectivity index (χ1) is 16.1. The van der Waals surface area contributed by atoms with Gasteiger partial charge in [-0.2, -0.15) is 0 Å². The minimum Gasteiger partial charge on any atom is -0.365 e. The van der Waals surface area contributed by atoms with Crippen LogP contribution >= 0.6 is 23.3 Å². The average Bonchev–Trinajstić information content (AvgIpc) is 3.47. The zero-order chi connectivity index (χ0) is 22.8. The van der Waals surface area contributed by atoms with Gasteiger partial charge in [0, 0.05) is 42.8 Å². The Morgan fingerprint density at radius 3 is 3.00 bits per heavy atom. The van der Waals surface area contributed by atoms with E-state index in [-0.39, 0.29) is 18.4 Å². The van der Waals surface area contributed by atoms with Gasteiger partial charge in [-0.3, -0.25) is 9.78 Å². The Bertz CT molecular complexity index is 1030. The first-order valence-corrected chi connectivity index (χ1v) is 12.6. The Morgan fingerprint density at radius 2 is 2.21 bits per heavy atom. The lowest BCUT2D eigenvalue weighted by Crippen LogP contribution is -2.48. The molecule has 2 fully saturated rings. The van der Waals surface area contributed by atoms with Crippen molar-refractivity contribution in [3.8, 4) is 0 Å².